The molecule has 0 unspecified atom stereocenters. The van der Waals surface area contributed by atoms with Gasteiger partial charge in [-0.05, 0) is 12.1 Å². The largest absolute Gasteiger partial charge is 0.478 e. The first kappa shape index (κ1) is 14.0. The fourth-order valence-corrected chi connectivity index (χ4v) is 1.54. The van der Waals surface area contributed by atoms with Gasteiger partial charge in [0.05, 0.1) is 4.92 Å². The van der Waals surface area contributed by atoms with Gasteiger partial charge < -0.3 is 9.84 Å². The number of pyridine rings is 1. The molecule has 1 N–H and O–H groups in total. The summed E-state index contributed by atoms with van der Waals surface area (Å²) < 4.78 is 5.29. The average Bonchev–Trinajstić information content (AvgIpc) is 2.47. The molecule has 1 heterocycles. The van der Waals surface area contributed by atoms with E-state index in [0.717, 1.165) is 12.3 Å². The molecule has 0 saturated heterocycles. The van der Waals surface area contributed by atoms with Crippen LogP contribution in [-0.2, 0) is 0 Å². The first-order chi connectivity index (χ1) is 10.0. The van der Waals surface area contributed by atoms with Crippen LogP contribution < -0.4 is 4.74 Å². The zero-order chi connectivity index (χ0) is 15.4. The van der Waals surface area contributed by atoms with E-state index in [0.29, 0.717) is 0 Å². The van der Waals surface area contributed by atoms with Crippen molar-refractivity contribution in [1.29, 1.82) is 5.26 Å². The lowest BCUT2D eigenvalue weighted by Gasteiger charge is -2.08. The molecule has 1 aromatic carbocycles. The Balaban J connectivity index is 2.43. The van der Waals surface area contributed by atoms with Crippen LogP contribution >= 0.6 is 0 Å². The molecular formula is C13H7N3O5. The number of carboxylic acid groups (broad SMARTS) is 1. The van der Waals surface area contributed by atoms with E-state index in [9.17, 15) is 14.9 Å². The average molecular weight is 285 g/mol. The molecule has 0 amide bonds. The number of hydrogen-bond donors (Lipinski definition) is 1. The van der Waals surface area contributed by atoms with Gasteiger partial charge in [-0.1, -0.05) is 12.1 Å². The Morgan fingerprint density at radius 3 is 2.76 bits per heavy atom. The predicted molar refractivity (Wildman–Crippen MR) is 69.1 cm³/mol. The van der Waals surface area contributed by atoms with Crippen LogP contribution in [0, 0.1) is 21.4 Å². The number of nitriles is 1. The molecule has 8 heteroatoms. The summed E-state index contributed by atoms with van der Waals surface area (Å²) in [6.07, 6.45) is 0.930. The van der Waals surface area contributed by atoms with E-state index in [1.807, 2.05) is 0 Å². The van der Waals surface area contributed by atoms with E-state index in [2.05, 4.69) is 4.98 Å². The Labute approximate surface area is 118 Å². The summed E-state index contributed by atoms with van der Waals surface area (Å²) in [5.74, 6) is -1.41. The Morgan fingerprint density at radius 1 is 1.43 bits per heavy atom. The molecule has 0 aliphatic heterocycles. The van der Waals surface area contributed by atoms with Gasteiger partial charge in [0.2, 0.25) is 5.88 Å². The molecular weight excluding hydrogens is 278 g/mol. The molecule has 2 aromatic rings. The molecule has 2 rings (SSSR count). The number of ether oxygens (including phenoxy) is 1. The topological polar surface area (TPSA) is 126 Å². The van der Waals surface area contributed by atoms with E-state index in [1.165, 1.54) is 18.2 Å². The van der Waals surface area contributed by atoms with Crippen molar-refractivity contribution in [2.75, 3.05) is 0 Å². The maximum atomic E-state index is 11.1. The van der Waals surface area contributed by atoms with Crippen molar-refractivity contribution in [2.24, 2.45) is 0 Å². The van der Waals surface area contributed by atoms with Crippen molar-refractivity contribution in [3.05, 3.63) is 57.8 Å². The number of carboxylic acids is 1. The van der Waals surface area contributed by atoms with E-state index in [1.54, 1.807) is 12.1 Å². The van der Waals surface area contributed by atoms with Gasteiger partial charge in [-0.2, -0.15) is 5.26 Å². The van der Waals surface area contributed by atoms with Gasteiger partial charge >= 0.3 is 5.97 Å². The second-order valence-electron chi connectivity index (χ2n) is 3.82. The third-order valence-corrected chi connectivity index (χ3v) is 2.49. The fraction of sp³-hybridized carbons (Fsp3) is 0. The molecule has 0 radical (unpaired) electrons. The monoisotopic (exact) mass is 285 g/mol. The van der Waals surface area contributed by atoms with Crippen LogP contribution in [0.4, 0.5) is 5.69 Å². The lowest BCUT2D eigenvalue weighted by molar-refractivity contribution is -0.385. The highest BCUT2D eigenvalue weighted by Crippen LogP contribution is 2.28. The van der Waals surface area contributed by atoms with Gasteiger partial charge in [0.25, 0.3) is 5.69 Å². The first-order valence-corrected chi connectivity index (χ1v) is 5.57. The van der Waals surface area contributed by atoms with E-state index in [-0.39, 0.29) is 28.4 Å². The standard InChI is InChI=1S/C13H7N3O5/c14-6-8-5-9(16(19)20)7-15-12(8)21-11-4-2-1-3-10(11)13(17)18/h1-5,7H,(H,17,18). The van der Waals surface area contributed by atoms with Gasteiger partial charge in [-0.3, -0.25) is 10.1 Å². The smallest absolute Gasteiger partial charge is 0.339 e. The summed E-state index contributed by atoms with van der Waals surface area (Å²) in [5.41, 5.74) is -0.628. The van der Waals surface area contributed by atoms with E-state index < -0.39 is 10.9 Å². The zero-order valence-corrected chi connectivity index (χ0v) is 10.4. The zero-order valence-electron chi connectivity index (χ0n) is 10.4. The third kappa shape index (κ3) is 2.93. The highest BCUT2D eigenvalue weighted by molar-refractivity contribution is 5.90. The Hall–Kier alpha value is -3.47. The number of benzene rings is 1. The Kier molecular flexibility index (Phi) is 3.76. The Morgan fingerprint density at radius 2 is 2.14 bits per heavy atom. The minimum Gasteiger partial charge on any atom is -0.478 e. The molecule has 21 heavy (non-hydrogen) atoms. The second kappa shape index (κ2) is 5.66. The van der Waals surface area contributed by atoms with E-state index >= 15 is 0 Å². The van der Waals surface area contributed by atoms with Crippen molar-refractivity contribution in [1.82, 2.24) is 4.98 Å². The van der Waals surface area contributed by atoms with Gasteiger partial charge in [0, 0.05) is 6.07 Å². The van der Waals surface area contributed by atoms with Gasteiger partial charge in [-0.25, -0.2) is 9.78 Å². The molecule has 1 aromatic heterocycles. The summed E-state index contributed by atoms with van der Waals surface area (Å²) in [5, 5.41) is 28.6. The summed E-state index contributed by atoms with van der Waals surface area (Å²) in [7, 11) is 0. The molecule has 0 atom stereocenters. The minimum atomic E-state index is -1.20. The molecule has 8 nitrogen and oxygen atoms in total. The van der Waals surface area contributed by atoms with Crippen molar-refractivity contribution in [3.63, 3.8) is 0 Å². The van der Waals surface area contributed by atoms with Gasteiger partial charge in [-0.15, -0.1) is 0 Å². The van der Waals surface area contributed by atoms with Crippen LogP contribution in [0.15, 0.2) is 36.5 Å². The lowest BCUT2D eigenvalue weighted by Crippen LogP contribution is -2.01. The van der Waals surface area contributed by atoms with Crippen LogP contribution in [0.2, 0.25) is 0 Å². The molecule has 0 fully saturated rings. The van der Waals surface area contributed by atoms with Gasteiger partial charge in [0.1, 0.15) is 29.1 Å². The highest BCUT2D eigenvalue weighted by atomic mass is 16.6. The number of aromatic carboxylic acids is 1. The third-order valence-electron chi connectivity index (χ3n) is 2.49. The van der Waals surface area contributed by atoms with Crippen molar-refractivity contribution in [3.8, 4) is 17.7 Å². The van der Waals surface area contributed by atoms with Crippen LogP contribution in [0.3, 0.4) is 0 Å². The molecule has 104 valence electrons. The molecule has 0 bridgehead atoms. The maximum Gasteiger partial charge on any atom is 0.339 e. The van der Waals surface area contributed by atoms with Crippen molar-refractivity contribution >= 4 is 11.7 Å². The normalized spacial score (nSPS) is 9.67. The molecule has 0 aliphatic carbocycles. The van der Waals surface area contributed by atoms with Crippen molar-refractivity contribution in [2.45, 2.75) is 0 Å². The summed E-state index contributed by atoms with van der Waals surface area (Å²) in [6, 6.07) is 8.52. The summed E-state index contributed by atoms with van der Waals surface area (Å²) in [6.45, 7) is 0. The molecule has 0 aliphatic rings. The SMILES string of the molecule is N#Cc1cc([N+](=O)[O-])cnc1Oc1ccccc1C(=O)O. The number of hydrogen-bond acceptors (Lipinski definition) is 6. The first-order valence-electron chi connectivity index (χ1n) is 5.57. The summed E-state index contributed by atoms with van der Waals surface area (Å²) >= 11 is 0. The second-order valence-corrected chi connectivity index (χ2v) is 3.82. The minimum absolute atomic E-state index is 0.0112. The number of nitro groups is 1. The highest BCUT2D eigenvalue weighted by Gasteiger charge is 2.17. The predicted octanol–water partition coefficient (Wildman–Crippen LogP) is 2.35. The van der Waals surface area contributed by atoms with Crippen LogP contribution in [-0.4, -0.2) is 21.0 Å². The number of nitrogens with zero attached hydrogens (tertiary/aromatic N) is 3. The van der Waals surface area contributed by atoms with Gasteiger partial charge in [0.15, 0.2) is 0 Å². The van der Waals surface area contributed by atoms with Crippen LogP contribution in [0.5, 0.6) is 11.6 Å². The van der Waals surface area contributed by atoms with Crippen molar-refractivity contribution < 1.29 is 19.6 Å². The van der Waals surface area contributed by atoms with Crippen LogP contribution in [0.25, 0.3) is 0 Å². The molecule has 0 spiro atoms. The maximum absolute atomic E-state index is 11.1. The molecule has 0 saturated carbocycles. The number of carbonyl (C=O) groups is 1. The number of para-hydroxylation sites is 1. The quantitative estimate of drug-likeness (QED) is 0.674. The number of aromatic nitrogens is 1. The Bertz CT molecular complexity index is 767. The van der Waals surface area contributed by atoms with Crippen LogP contribution in [0.1, 0.15) is 15.9 Å². The summed E-state index contributed by atoms with van der Waals surface area (Å²) in [4.78, 5) is 24.7. The lowest BCUT2D eigenvalue weighted by atomic mass is 10.2. The fourth-order valence-electron chi connectivity index (χ4n) is 1.54. The number of rotatable bonds is 4. The van der Waals surface area contributed by atoms with E-state index in [4.69, 9.17) is 15.1 Å².